The predicted molar refractivity (Wildman–Crippen MR) is 44.9 cm³/mol. The van der Waals surface area contributed by atoms with Crippen molar-refractivity contribution in [3.05, 3.63) is 6.26 Å². The largest absolute Gasteiger partial charge is 0.342 e. The summed E-state index contributed by atoms with van der Waals surface area (Å²) < 4.78 is 21.4. The zero-order valence-corrected chi connectivity index (χ0v) is 7.80. The number of amides is 1. The fourth-order valence-corrected chi connectivity index (χ4v) is 2.22. The monoisotopic (exact) mass is 190 g/mol. The van der Waals surface area contributed by atoms with Crippen LogP contribution in [0.2, 0.25) is 0 Å². The van der Waals surface area contributed by atoms with Gasteiger partial charge in [-0.3, -0.25) is 4.79 Å². The first kappa shape index (κ1) is 9.51. The molecule has 0 unspecified atom stereocenters. The van der Waals surface area contributed by atoms with Crippen LogP contribution in [0.5, 0.6) is 0 Å². The van der Waals surface area contributed by atoms with Crippen LogP contribution in [0.15, 0.2) is 0 Å². The normalized spacial score (nSPS) is 19.0. The van der Waals surface area contributed by atoms with Gasteiger partial charge in [-0.05, 0) is 0 Å². The Morgan fingerprint density at radius 2 is 2.08 bits per heavy atom. The lowest BCUT2D eigenvalue weighted by molar-refractivity contribution is -0.134. The molecular weight excluding hydrogens is 178 g/mol. The van der Waals surface area contributed by atoms with Gasteiger partial charge in [-0.2, -0.15) is 0 Å². The third kappa shape index (κ3) is 2.48. The number of carbonyl (C=O) groups is 1. The van der Waals surface area contributed by atoms with Crippen LogP contribution in [-0.4, -0.2) is 38.1 Å². The molecule has 0 N–H and O–H groups in total. The average Bonchev–Trinajstić information content (AvgIpc) is 1.74. The standard InChI is InChI=1S/C7H12NO3S/c1-6(9)8-3-7(4-8)5-12(2,10)11/h7H,2-5H2,1H3. The molecule has 0 aliphatic carbocycles. The van der Waals surface area contributed by atoms with Gasteiger partial charge in [-0.15, -0.1) is 0 Å². The van der Waals surface area contributed by atoms with E-state index in [0.29, 0.717) is 13.1 Å². The van der Waals surface area contributed by atoms with Crippen LogP contribution in [0.1, 0.15) is 6.92 Å². The number of nitrogens with zero attached hydrogens (tertiary/aromatic N) is 1. The number of hydrogen-bond donors (Lipinski definition) is 0. The predicted octanol–water partition coefficient (Wildman–Crippen LogP) is -0.329. The molecule has 1 heterocycles. The summed E-state index contributed by atoms with van der Waals surface area (Å²) in [6.45, 7) is 2.60. The smallest absolute Gasteiger partial charge is 0.219 e. The van der Waals surface area contributed by atoms with Gasteiger partial charge < -0.3 is 4.90 Å². The molecule has 0 aromatic rings. The van der Waals surface area contributed by atoms with Gasteiger partial charge in [-0.25, -0.2) is 8.42 Å². The summed E-state index contributed by atoms with van der Waals surface area (Å²) in [6.07, 6.45) is 3.03. The first-order valence-electron chi connectivity index (χ1n) is 3.70. The highest BCUT2D eigenvalue weighted by molar-refractivity contribution is 7.92. The van der Waals surface area contributed by atoms with E-state index in [1.54, 1.807) is 4.90 Å². The van der Waals surface area contributed by atoms with Gasteiger partial charge in [0.25, 0.3) is 0 Å². The summed E-state index contributed by atoms with van der Waals surface area (Å²) in [5, 5.41) is 0. The molecule has 0 spiro atoms. The van der Waals surface area contributed by atoms with Crippen molar-refractivity contribution in [3.8, 4) is 0 Å². The molecule has 1 saturated heterocycles. The summed E-state index contributed by atoms with van der Waals surface area (Å²) in [5.41, 5.74) is 0. The lowest BCUT2D eigenvalue weighted by atomic mass is 10.0. The number of rotatable bonds is 2. The van der Waals surface area contributed by atoms with Gasteiger partial charge in [0, 0.05) is 25.9 Å². The molecule has 12 heavy (non-hydrogen) atoms. The highest BCUT2D eigenvalue weighted by Gasteiger charge is 2.30. The lowest BCUT2D eigenvalue weighted by Crippen LogP contribution is -2.51. The van der Waals surface area contributed by atoms with Gasteiger partial charge in [0.1, 0.15) is 0 Å². The first-order chi connectivity index (χ1) is 5.38. The van der Waals surface area contributed by atoms with Crippen LogP contribution < -0.4 is 0 Å². The van der Waals surface area contributed by atoms with Crippen molar-refractivity contribution in [2.75, 3.05) is 18.8 Å². The van der Waals surface area contributed by atoms with Crippen LogP contribution in [0, 0.1) is 12.2 Å². The van der Waals surface area contributed by atoms with E-state index in [4.69, 9.17) is 0 Å². The summed E-state index contributed by atoms with van der Waals surface area (Å²) in [4.78, 5) is 12.3. The second kappa shape index (κ2) is 3.05. The van der Waals surface area contributed by atoms with Crippen LogP contribution in [-0.2, 0) is 14.6 Å². The fourth-order valence-electron chi connectivity index (χ4n) is 1.29. The van der Waals surface area contributed by atoms with E-state index in [1.807, 2.05) is 0 Å². The zero-order valence-electron chi connectivity index (χ0n) is 6.99. The molecule has 4 nitrogen and oxygen atoms in total. The molecule has 69 valence electrons. The van der Waals surface area contributed by atoms with Crippen molar-refractivity contribution >= 4 is 15.7 Å². The topological polar surface area (TPSA) is 54.5 Å². The average molecular weight is 190 g/mol. The van der Waals surface area contributed by atoms with Gasteiger partial charge in [0.2, 0.25) is 5.91 Å². The van der Waals surface area contributed by atoms with Crippen molar-refractivity contribution in [2.24, 2.45) is 5.92 Å². The van der Waals surface area contributed by atoms with Gasteiger partial charge >= 0.3 is 0 Å². The van der Waals surface area contributed by atoms with Crippen LogP contribution >= 0.6 is 0 Å². The van der Waals surface area contributed by atoms with Crippen molar-refractivity contribution < 1.29 is 13.2 Å². The maximum atomic E-state index is 10.7. The molecule has 1 rings (SSSR count). The minimum atomic E-state index is -3.12. The molecule has 1 radical (unpaired) electrons. The highest BCUT2D eigenvalue weighted by atomic mass is 32.2. The molecule has 0 saturated carbocycles. The summed E-state index contributed by atoms with van der Waals surface area (Å²) in [5.74, 6) is 0.195. The number of likely N-dealkylation sites (tertiary alicyclic amines) is 1. The Morgan fingerprint density at radius 3 is 2.42 bits per heavy atom. The van der Waals surface area contributed by atoms with Crippen LogP contribution in [0.3, 0.4) is 0 Å². The summed E-state index contributed by atoms with van der Waals surface area (Å²) in [6, 6.07) is 0. The van der Waals surface area contributed by atoms with Gasteiger partial charge in [0.15, 0.2) is 9.84 Å². The Kier molecular flexibility index (Phi) is 2.41. The summed E-state index contributed by atoms with van der Waals surface area (Å²) in [7, 11) is -3.12. The molecule has 1 aliphatic rings. The Morgan fingerprint density at radius 1 is 1.58 bits per heavy atom. The second-order valence-corrected chi connectivity index (χ2v) is 5.02. The fraction of sp³-hybridized carbons (Fsp3) is 0.714. The van der Waals surface area contributed by atoms with E-state index in [-0.39, 0.29) is 17.6 Å². The van der Waals surface area contributed by atoms with E-state index in [1.165, 1.54) is 6.92 Å². The second-order valence-electron chi connectivity index (χ2n) is 3.20. The summed E-state index contributed by atoms with van der Waals surface area (Å²) >= 11 is 0. The van der Waals surface area contributed by atoms with Crippen molar-refractivity contribution in [3.63, 3.8) is 0 Å². The maximum absolute atomic E-state index is 10.7. The Balaban J connectivity index is 2.32. The maximum Gasteiger partial charge on any atom is 0.219 e. The third-order valence-corrected chi connectivity index (χ3v) is 2.87. The number of hydrogen-bond acceptors (Lipinski definition) is 3. The molecule has 0 atom stereocenters. The van der Waals surface area contributed by atoms with Crippen molar-refractivity contribution in [2.45, 2.75) is 6.92 Å². The van der Waals surface area contributed by atoms with Crippen molar-refractivity contribution in [1.29, 1.82) is 0 Å². The minimum absolute atomic E-state index is 0.00714. The molecule has 0 aromatic heterocycles. The molecule has 1 fully saturated rings. The van der Waals surface area contributed by atoms with Gasteiger partial charge in [-0.1, -0.05) is 0 Å². The van der Waals surface area contributed by atoms with Gasteiger partial charge in [0.05, 0.1) is 12.0 Å². The number of sulfone groups is 1. The van der Waals surface area contributed by atoms with E-state index in [2.05, 4.69) is 6.26 Å². The molecule has 5 heteroatoms. The molecule has 1 amide bonds. The van der Waals surface area contributed by atoms with E-state index in [0.717, 1.165) is 0 Å². The Labute approximate surface area is 72.5 Å². The lowest BCUT2D eigenvalue weighted by Gasteiger charge is -2.38. The van der Waals surface area contributed by atoms with E-state index >= 15 is 0 Å². The Bertz CT molecular complexity index is 277. The molecule has 1 aliphatic heterocycles. The molecule has 0 bridgehead atoms. The van der Waals surface area contributed by atoms with E-state index < -0.39 is 9.84 Å². The van der Waals surface area contributed by atoms with Crippen LogP contribution in [0.25, 0.3) is 0 Å². The first-order valence-corrected chi connectivity index (χ1v) is 5.52. The Hall–Kier alpha value is -0.580. The quantitative estimate of drug-likeness (QED) is 0.599. The molecular formula is C7H12NO3S. The minimum Gasteiger partial charge on any atom is -0.342 e. The van der Waals surface area contributed by atoms with Crippen LogP contribution in [0.4, 0.5) is 0 Å². The SMILES string of the molecule is [CH2]S(=O)(=O)CC1CN(C(C)=O)C1. The van der Waals surface area contributed by atoms with E-state index in [9.17, 15) is 13.2 Å². The zero-order chi connectivity index (χ0) is 9.35. The number of carbonyl (C=O) groups excluding carboxylic acids is 1. The van der Waals surface area contributed by atoms with Crippen molar-refractivity contribution in [1.82, 2.24) is 4.90 Å². The third-order valence-electron chi connectivity index (χ3n) is 1.89. The highest BCUT2D eigenvalue weighted by Crippen LogP contribution is 2.16. The molecule has 0 aromatic carbocycles.